The average molecular weight is 192 g/mol. The van der Waals surface area contributed by atoms with E-state index in [9.17, 15) is 4.79 Å². The van der Waals surface area contributed by atoms with Gasteiger partial charge in [-0.1, -0.05) is 0 Å². The number of carbonyl (C=O) groups is 1. The monoisotopic (exact) mass is 192 g/mol. The predicted octanol–water partition coefficient (Wildman–Crippen LogP) is 0.508. The molecule has 0 unspecified atom stereocenters. The van der Waals surface area contributed by atoms with Gasteiger partial charge in [-0.05, 0) is 0 Å². The third-order valence-corrected chi connectivity index (χ3v) is 1.95. The van der Waals surface area contributed by atoms with E-state index in [2.05, 4.69) is 15.3 Å². The van der Waals surface area contributed by atoms with Gasteiger partial charge in [-0.15, -0.1) is 0 Å². The highest BCUT2D eigenvalue weighted by Crippen LogP contribution is 2.21. The number of aromatic nitrogens is 4. The van der Waals surface area contributed by atoms with E-state index in [1.54, 1.807) is 19.4 Å². The Kier molecular flexibility index (Phi) is 1.81. The van der Waals surface area contributed by atoms with Gasteiger partial charge in [0.25, 0.3) is 0 Å². The van der Waals surface area contributed by atoms with Gasteiger partial charge >= 0.3 is 5.97 Å². The van der Waals surface area contributed by atoms with Crippen molar-refractivity contribution in [1.82, 2.24) is 20.0 Å². The lowest BCUT2D eigenvalue weighted by molar-refractivity contribution is 0.0686. The SMILES string of the molecule is Cn1ncc(-c2cn[nH]c2)c1C(=O)O. The van der Waals surface area contributed by atoms with Crippen molar-refractivity contribution in [3.05, 3.63) is 24.3 Å². The number of hydrogen-bond donors (Lipinski definition) is 2. The lowest BCUT2D eigenvalue weighted by atomic mass is 10.1. The van der Waals surface area contributed by atoms with E-state index in [-0.39, 0.29) is 5.69 Å². The number of carboxylic acids is 1. The number of rotatable bonds is 2. The smallest absolute Gasteiger partial charge is 0.354 e. The lowest BCUT2D eigenvalue weighted by Crippen LogP contribution is -2.06. The summed E-state index contributed by atoms with van der Waals surface area (Å²) in [7, 11) is 1.59. The summed E-state index contributed by atoms with van der Waals surface area (Å²) in [4.78, 5) is 10.9. The Morgan fingerprint density at radius 3 is 2.93 bits per heavy atom. The molecule has 14 heavy (non-hydrogen) atoms. The second kappa shape index (κ2) is 2.99. The first-order valence-corrected chi connectivity index (χ1v) is 3.94. The molecule has 0 saturated heterocycles. The number of carboxylic acid groups (broad SMARTS) is 1. The summed E-state index contributed by atoms with van der Waals surface area (Å²) in [6.07, 6.45) is 4.70. The molecule has 0 aliphatic carbocycles. The van der Waals surface area contributed by atoms with Crippen molar-refractivity contribution in [3.63, 3.8) is 0 Å². The Balaban J connectivity index is 2.60. The second-order valence-corrected chi connectivity index (χ2v) is 2.82. The van der Waals surface area contributed by atoms with Crippen molar-refractivity contribution >= 4 is 5.97 Å². The van der Waals surface area contributed by atoms with Gasteiger partial charge in [-0.3, -0.25) is 9.78 Å². The van der Waals surface area contributed by atoms with E-state index < -0.39 is 5.97 Å². The number of nitrogens with zero attached hydrogens (tertiary/aromatic N) is 3. The molecule has 6 nitrogen and oxygen atoms in total. The third-order valence-electron chi connectivity index (χ3n) is 1.95. The van der Waals surface area contributed by atoms with Crippen LogP contribution in [0.4, 0.5) is 0 Å². The maximum Gasteiger partial charge on any atom is 0.354 e. The summed E-state index contributed by atoms with van der Waals surface area (Å²) in [5.74, 6) is -0.999. The highest BCUT2D eigenvalue weighted by atomic mass is 16.4. The van der Waals surface area contributed by atoms with Crippen LogP contribution < -0.4 is 0 Å². The molecule has 0 saturated carbocycles. The van der Waals surface area contributed by atoms with Gasteiger partial charge in [-0.25, -0.2) is 4.79 Å². The molecule has 6 heteroatoms. The average Bonchev–Trinajstić information content (AvgIpc) is 2.70. The van der Waals surface area contributed by atoms with Crippen LogP contribution in [-0.4, -0.2) is 31.1 Å². The molecule has 0 aromatic carbocycles. The van der Waals surface area contributed by atoms with E-state index in [1.165, 1.54) is 10.9 Å². The normalized spacial score (nSPS) is 10.4. The molecule has 0 radical (unpaired) electrons. The summed E-state index contributed by atoms with van der Waals surface area (Å²) in [6, 6.07) is 0. The van der Waals surface area contributed by atoms with Crippen molar-refractivity contribution in [3.8, 4) is 11.1 Å². The van der Waals surface area contributed by atoms with E-state index in [0.717, 1.165) is 5.56 Å². The van der Waals surface area contributed by atoms with Gasteiger partial charge < -0.3 is 5.11 Å². The van der Waals surface area contributed by atoms with Crippen LogP contribution in [-0.2, 0) is 7.05 Å². The molecule has 72 valence electrons. The Morgan fingerprint density at radius 1 is 1.57 bits per heavy atom. The summed E-state index contributed by atoms with van der Waals surface area (Å²) in [5.41, 5.74) is 1.44. The van der Waals surface area contributed by atoms with Gasteiger partial charge in [0.2, 0.25) is 0 Å². The molecule has 0 spiro atoms. The Hall–Kier alpha value is -2.11. The minimum Gasteiger partial charge on any atom is -0.477 e. The van der Waals surface area contributed by atoms with Crippen LogP contribution in [0.15, 0.2) is 18.6 Å². The van der Waals surface area contributed by atoms with E-state index in [0.29, 0.717) is 5.56 Å². The number of aryl methyl sites for hydroxylation is 1. The largest absolute Gasteiger partial charge is 0.477 e. The van der Waals surface area contributed by atoms with Gasteiger partial charge in [0.15, 0.2) is 5.69 Å². The van der Waals surface area contributed by atoms with Crippen LogP contribution in [0.3, 0.4) is 0 Å². The zero-order chi connectivity index (χ0) is 10.1. The highest BCUT2D eigenvalue weighted by molar-refractivity contribution is 5.93. The zero-order valence-corrected chi connectivity index (χ0v) is 7.43. The Bertz CT molecular complexity index is 458. The van der Waals surface area contributed by atoms with Crippen LogP contribution in [0.2, 0.25) is 0 Å². The zero-order valence-electron chi connectivity index (χ0n) is 7.43. The molecule has 2 heterocycles. The number of aromatic amines is 1. The van der Waals surface area contributed by atoms with E-state index in [1.807, 2.05) is 0 Å². The van der Waals surface area contributed by atoms with Crippen molar-refractivity contribution < 1.29 is 9.90 Å². The van der Waals surface area contributed by atoms with Crippen molar-refractivity contribution in [1.29, 1.82) is 0 Å². The van der Waals surface area contributed by atoms with Crippen LogP contribution in [0.25, 0.3) is 11.1 Å². The third kappa shape index (κ3) is 1.17. The van der Waals surface area contributed by atoms with Crippen molar-refractivity contribution in [2.24, 2.45) is 7.05 Å². The van der Waals surface area contributed by atoms with Crippen molar-refractivity contribution in [2.45, 2.75) is 0 Å². The fourth-order valence-corrected chi connectivity index (χ4v) is 1.30. The van der Waals surface area contributed by atoms with Crippen LogP contribution in [0, 0.1) is 0 Å². The minimum atomic E-state index is -0.999. The first-order chi connectivity index (χ1) is 6.70. The molecule has 0 aliphatic rings. The minimum absolute atomic E-state index is 0.159. The van der Waals surface area contributed by atoms with E-state index >= 15 is 0 Å². The fraction of sp³-hybridized carbons (Fsp3) is 0.125. The maximum atomic E-state index is 10.9. The molecule has 2 aromatic rings. The van der Waals surface area contributed by atoms with Crippen LogP contribution >= 0.6 is 0 Å². The summed E-state index contributed by atoms with van der Waals surface area (Å²) >= 11 is 0. The molecule has 0 atom stereocenters. The van der Waals surface area contributed by atoms with Gasteiger partial charge in [0.1, 0.15) is 0 Å². The molecule has 2 rings (SSSR count). The molecule has 0 bridgehead atoms. The second-order valence-electron chi connectivity index (χ2n) is 2.82. The molecule has 2 aromatic heterocycles. The van der Waals surface area contributed by atoms with Crippen LogP contribution in [0.5, 0.6) is 0 Å². The molecule has 0 amide bonds. The van der Waals surface area contributed by atoms with Gasteiger partial charge in [0.05, 0.1) is 12.4 Å². The summed E-state index contributed by atoms with van der Waals surface area (Å²) in [5, 5.41) is 19.2. The predicted molar refractivity (Wildman–Crippen MR) is 47.7 cm³/mol. The van der Waals surface area contributed by atoms with Gasteiger partial charge in [0, 0.05) is 24.4 Å². The number of hydrogen-bond acceptors (Lipinski definition) is 3. The Labute approximate surface area is 79.2 Å². The quantitative estimate of drug-likeness (QED) is 0.726. The van der Waals surface area contributed by atoms with Gasteiger partial charge in [-0.2, -0.15) is 10.2 Å². The molecular weight excluding hydrogens is 184 g/mol. The maximum absolute atomic E-state index is 10.9. The number of H-pyrrole nitrogens is 1. The molecule has 0 aliphatic heterocycles. The lowest BCUT2D eigenvalue weighted by Gasteiger charge is -1.97. The summed E-state index contributed by atoms with van der Waals surface area (Å²) < 4.78 is 1.32. The first kappa shape index (κ1) is 8.49. The Morgan fingerprint density at radius 2 is 2.36 bits per heavy atom. The van der Waals surface area contributed by atoms with Crippen LogP contribution in [0.1, 0.15) is 10.5 Å². The van der Waals surface area contributed by atoms with E-state index in [4.69, 9.17) is 5.11 Å². The topological polar surface area (TPSA) is 83.8 Å². The fourth-order valence-electron chi connectivity index (χ4n) is 1.30. The number of aromatic carboxylic acids is 1. The highest BCUT2D eigenvalue weighted by Gasteiger charge is 2.17. The van der Waals surface area contributed by atoms with Crippen molar-refractivity contribution in [2.75, 3.05) is 0 Å². The summed E-state index contributed by atoms with van der Waals surface area (Å²) in [6.45, 7) is 0. The molecule has 0 fully saturated rings. The molecular formula is C8H8N4O2. The first-order valence-electron chi connectivity index (χ1n) is 3.94. The number of nitrogens with one attached hydrogen (secondary N) is 1. The molecule has 2 N–H and O–H groups in total. The standard InChI is InChI=1S/C8H8N4O2/c1-12-7(8(13)14)6(4-11-12)5-2-9-10-3-5/h2-4H,1H3,(H,9,10)(H,13,14).